The van der Waals surface area contributed by atoms with Gasteiger partial charge in [-0.05, 0) is 48.4 Å². The summed E-state index contributed by atoms with van der Waals surface area (Å²) in [5.74, 6) is 1.30. The SMILES string of the molecule is COc1ccccc1N1CCS/C1=C(/C#N)Sc1c(F)ccc(C(F)(F)F)c1C1CCCCS1. The number of hydrogen-bond acceptors (Lipinski definition) is 6. The first kappa shape index (κ1) is 25.1. The molecule has 2 aliphatic rings. The van der Waals surface area contributed by atoms with Crippen molar-refractivity contribution in [1.29, 1.82) is 5.26 Å². The number of ether oxygens (including phenoxy) is 1. The van der Waals surface area contributed by atoms with E-state index >= 15 is 4.39 Å². The van der Waals surface area contributed by atoms with Gasteiger partial charge in [-0.2, -0.15) is 30.2 Å². The Labute approximate surface area is 208 Å². The van der Waals surface area contributed by atoms with E-state index in [0.717, 1.165) is 48.2 Å². The maximum absolute atomic E-state index is 15.1. The molecule has 180 valence electrons. The van der Waals surface area contributed by atoms with Gasteiger partial charge in [0.1, 0.15) is 27.6 Å². The van der Waals surface area contributed by atoms with Crippen LogP contribution >= 0.6 is 35.3 Å². The van der Waals surface area contributed by atoms with Gasteiger partial charge in [0.15, 0.2) is 0 Å². The Morgan fingerprint density at radius 3 is 2.65 bits per heavy atom. The number of nitriles is 1. The largest absolute Gasteiger partial charge is 0.495 e. The smallest absolute Gasteiger partial charge is 0.416 e. The number of nitrogens with zero attached hydrogens (tertiary/aromatic N) is 2. The fourth-order valence-electron chi connectivity index (χ4n) is 4.11. The van der Waals surface area contributed by atoms with Crippen LogP contribution in [0.1, 0.15) is 35.6 Å². The van der Waals surface area contributed by atoms with Gasteiger partial charge in [-0.25, -0.2) is 4.39 Å². The highest BCUT2D eigenvalue weighted by molar-refractivity contribution is 8.07. The molecular formula is C24H22F4N2OS3. The van der Waals surface area contributed by atoms with Crippen LogP contribution in [0.5, 0.6) is 5.75 Å². The average molecular weight is 527 g/mol. The van der Waals surface area contributed by atoms with E-state index in [1.54, 1.807) is 13.2 Å². The molecule has 2 heterocycles. The maximum atomic E-state index is 15.1. The molecule has 0 N–H and O–H groups in total. The summed E-state index contributed by atoms with van der Waals surface area (Å²) in [6, 6.07) is 11.2. The minimum absolute atomic E-state index is 0.0395. The summed E-state index contributed by atoms with van der Waals surface area (Å²) in [6.45, 7) is 0.600. The molecule has 2 aromatic rings. The van der Waals surface area contributed by atoms with Gasteiger partial charge in [-0.3, -0.25) is 0 Å². The predicted octanol–water partition coefficient (Wildman–Crippen LogP) is 7.85. The number of methoxy groups -OCH3 is 1. The number of para-hydroxylation sites is 2. The molecule has 4 rings (SSSR count). The molecular weight excluding hydrogens is 504 g/mol. The van der Waals surface area contributed by atoms with Gasteiger partial charge in [-0.15, -0.1) is 11.8 Å². The van der Waals surface area contributed by atoms with Crippen LogP contribution in [-0.4, -0.2) is 25.2 Å². The molecule has 0 aromatic heterocycles. The normalized spacial score (nSPS) is 20.2. The van der Waals surface area contributed by atoms with Gasteiger partial charge < -0.3 is 9.64 Å². The van der Waals surface area contributed by atoms with E-state index in [9.17, 15) is 18.4 Å². The summed E-state index contributed by atoms with van der Waals surface area (Å²) in [6.07, 6.45) is -2.34. The Hall–Kier alpha value is -1.96. The fourth-order valence-corrected chi connectivity index (χ4v) is 7.85. The third-order valence-electron chi connectivity index (χ3n) is 5.63. The lowest BCUT2D eigenvalue weighted by molar-refractivity contribution is -0.138. The van der Waals surface area contributed by atoms with Crippen molar-refractivity contribution in [2.24, 2.45) is 0 Å². The number of hydrogen-bond donors (Lipinski definition) is 0. The molecule has 0 saturated carbocycles. The summed E-state index contributed by atoms with van der Waals surface area (Å²) >= 11 is 3.66. The van der Waals surface area contributed by atoms with E-state index in [1.165, 1.54) is 23.5 Å². The lowest BCUT2D eigenvalue weighted by atomic mass is 9.99. The second kappa shape index (κ2) is 10.8. The molecule has 1 atom stereocenters. The van der Waals surface area contributed by atoms with Crippen molar-refractivity contribution in [2.75, 3.05) is 30.1 Å². The summed E-state index contributed by atoms with van der Waals surface area (Å²) < 4.78 is 62.5. The van der Waals surface area contributed by atoms with Crippen molar-refractivity contribution in [3.8, 4) is 11.8 Å². The van der Waals surface area contributed by atoms with Crippen molar-refractivity contribution in [3.63, 3.8) is 0 Å². The Bertz CT molecular complexity index is 1120. The first-order chi connectivity index (χ1) is 16.3. The van der Waals surface area contributed by atoms with Gasteiger partial charge in [0.2, 0.25) is 0 Å². The van der Waals surface area contributed by atoms with E-state index in [1.807, 2.05) is 23.1 Å². The third kappa shape index (κ3) is 5.16. The zero-order chi connectivity index (χ0) is 24.3. The lowest BCUT2D eigenvalue weighted by Crippen LogP contribution is -2.18. The molecule has 3 nitrogen and oxygen atoms in total. The molecule has 0 bridgehead atoms. The van der Waals surface area contributed by atoms with E-state index < -0.39 is 22.8 Å². The Kier molecular flexibility index (Phi) is 7.95. The van der Waals surface area contributed by atoms with Crippen LogP contribution in [0.4, 0.5) is 23.2 Å². The summed E-state index contributed by atoms with van der Waals surface area (Å²) in [5.41, 5.74) is -0.105. The third-order valence-corrected chi connectivity index (χ3v) is 9.35. The van der Waals surface area contributed by atoms with Crippen molar-refractivity contribution in [1.82, 2.24) is 0 Å². The standard InChI is InChI=1S/C24H22F4N2OS3/c1-31-18-7-3-2-6-17(18)30-11-13-33-23(30)20(14-29)34-22-16(25)10-9-15(24(26,27)28)21(22)19-8-4-5-12-32-19/h2-3,6-7,9-10,19H,4-5,8,11-13H2,1H3/b23-20-. The Balaban J connectivity index is 1.82. The van der Waals surface area contributed by atoms with E-state index in [2.05, 4.69) is 6.07 Å². The van der Waals surface area contributed by atoms with Crippen LogP contribution in [0.2, 0.25) is 0 Å². The quantitative estimate of drug-likeness (QED) is 0.224. The minimum Gasteiger partial charge on any atom is -0.495 e. The predicted molar refractivity (Wildman–Crippen MR) is 132 cm³/mol. The van der Waals surface area contributed by atoms with Gasteiger partial charge in [0, 0.05) is 17.5 Å². The number of halogens is 4. The number of benzene rings is 2. The van der Waals surface area contributed by atoms with Crippen molar-refractivity contribution in [2.45, 2.75) is 35.6 Å². The van der Waals surface area contributed by atoms with Gasteiger partial charge in [0.25, 0.3) is 0 Å². The van der Waals surface area contributed by atoms with Crippen molar-refractivity contribution in [3.05, 3.63) is 63.3 Å². The molecule has 2 fully saturated rings. The van der Waals surface area contributed by atoms with Gasteiger partial charge >= 0.3 is 6.18 Å². The second-order valence-corrected chi connectivity index (χ2v) is 11.1. The molecule has 0 spiro atoms. The van der Waals surface area contributed by atoms with Gasteiger partial charge in [0.05, 0.1) is 23.3 Å². The lowest BCUT2D eigenvalue weighted by Gasteiger charge is -2.27. The number of rotatable bonds is 5. The molecule has 0 amide bonds. The topological polar surface area (TPSA) is 36.3 Å². The summed E-state index contributed by atoms with van der Waals surface area (Å²) in [4.78, 5) is 1.98. The highest BCUT2D eigenvalue weighted by Gasteiger charge is 2.39. The molecule has 1 unspecified atom stereocenters. The molecule has 2 aromatic carbocycles. The van der Waals surface area contributed by atoms with Crippen LogP contribution in [0.3, 0.4) is 0 Å². The van der Waals surface area contributed by atoms with E-state index in [-0.39, 0.29) is 15.4 Å². The average Bonchev–Trinajstić information content (AvgIpc) is 3.32. The van der Waals surface area contributed by atoms with E-state index in [4.69, 9.17) is 4.74 Å². The number of alkyl halides is 3. The zero-order valence-electron chi connectivity index (χ0n) is 18.3. The van der Waals surface area contributed by atoms with Gasteiger partial charge in [-0.1, -0.05) is 30.3 Å². The second-order valence-electron chi connectivity index (χ2n) is 7.71. The van der Waals surface area contributed by atoms with Crippen LogP contribution in [-0.2, 0) is 6.18 Å². The van der Waals surface area contributed by atoms with Crippen LogP contribution in [0.25, 0.3) is 0 Å². The molecule has 2 saturated heterocycles. The molecule has 10 heteroatoms. The van der Waals surface area contributed by atoms with Crippen molar-refractivity contribution < 1.29 is 22.3 Å². The van der Waals surface area contributed by atoms with E-state index in [0.29, 0.717) is 29.5 Å². The Morgan fingerprint density at radius 1 is 1.18 bits per heavy atom. The monoisotopic (exact) mass is 526 g/mol. The molecule has 0 radical (unpaired) electrons. The highest BCUT2D eigenvalue weighted by Crippen LogP contribution is 2.51. The minimum atomic E-state index is -4.61. The summed E-state index contributed by atoms with van der Waals surface area (Å²) in [7, 11) is 1.55. The number of thioether (sulfide) groups is 3. The zero-order valence-corrected chi connectivity index (χ0v) is 20.8. The van der Waals surface area contributed by atoms with Crippen LogP contribution in [0.15, 0.2) is 51.2 Å². The molecule has 0 aliphatic carbocycles. The number of anilines is 1. The first-order valence-corrected chi connectivity index (χ1v) is 13.6. The van der Waals surface area contributed by atoms with Crippen molar-refractivity contribution >= 4 is 41.0 Å². The van der Waals surface area contributed by atoms with Crippen LogP contribution in [0, 0.1) is 17.1 Å². The maximum Gasteiger partial charge on any atom is 0.416 e. The first-order valence-electron chi connectivity index (χ1n) is 10.7. The summed E-state index contributed by atoms with van der Waals surface area (Å²) in [5, 5.41) is 10.1. The Morgan fingerprint density at radius 2 is 1.97 bits per heavy atom. The highest BCUT2D eigenvalue weighted by atomic mass is 32.2. The molecule has 34 heavy (non-hydrogen) atoms. The number of allylic oxidation sites excluding steroid dienone is 1. The fraction of sp³-hybridized carbons (Fsp3) is 0.375. The molecule has 2 aliphatic heterocycles. The van der Waals surface area contributed by atoms with Crippen LogP contribution < -0.4 is 9.64 Å².